The molecular formula is C14H17NO3S3. The van der Waals surface area contributed by atoms with Crippen LogP contribution in [0.25, 0.3) is 0 Å². The molecule has 114 valence electrons. The number of carbonyl (C=O) groups excluding carboxylic acids is 1. The van der Waals surface area contributed by atoms with Crippen molar-refractivity contribution >= 4 is 44.0 Å². The molecule has 3 aliphatic rings. The third-order valence-electron chi connectivity index (χ3n) is 4.09. The third-order valence-corrected chi connectivity index (χ3v) is 7.19. The van der Waals surface area contributed by atoms with Gasteiger partial charge in [-0.3, -0.25) is 9.69 Å². The summed E-state index contributed by atoms with van der Waals surface area (Å²) >= 11 is 6.60. The molecule has 0 aromatic rings. The Hall–Kier alpha value is -0.660. The first-order chi connectivity index (χ1) is 9.96. The highest BCUT2D eigenvalue weighted by atomic mass is 32.2. The zero-order valence-electron chi connectivity index (χ0n) is 11.5. The van der Waals surface area contributed by atoms with Gasteiger partial charge >= 0.3 is 0 Å². The van der Waals surface area contributed by atoms with Gasteiger partial charge in [0.05, 0.1) is 22.5 Å². The Morgan fingerprint density at radius 2 is 2.14 bits per heavy atom. The molecule has 0 radical (unpaired) electrons. The molecule has 0 spiro atoms. The summed E-state index contributed by atoms with van der Waals surface area (Å²) in [5.41, 5.74) is 0. The zero-order chi connectivity index (χ0) is 15.0. The van der Waals surface area contributed by atoms with Gasteiger partial charge in [-0.2, -0.15) is 0 Å². The van der Waals surface area contributed by atoms with Gasteiger partial charge in [-0.15, -0.1) is 0 Å². The van der Waals surface area contributed by atoms with E-state index in [-0.39, 0.29) is 23.5 Å². The number of nitrogens with zero attached hydrogens (tertiary/aromatic N) is 1. The second kappa shape index (κ2) is 5.85. The molecular weight excluding hydrogens is 326 g/mol. The predicted molar refractivity (Wildman–Crippen MR) is 88.7 cm³/mol. The van der Waals surface area contributed by atoms with Crippen LogP contribution in [0, 0.1) is 5.92 Å². The lowest BCUT2D eigenvalue weighted by atomic mass is 9.94. The van der Waals surface area contributed by atoms with Crippen LogP contribution < -0.4 is 0 Å². The number of hydrogen-bond donors (Lipinski definition) is 0. The van der Waals surface area contributed by atoms with Crippen LogP contribution in [-0.4, -0.2) is 41.1 Å². The second-order valence-corrected chi connectivity index (χ2v) is 9.58. The molecule has 2 heterocycles. The number of amides is 1. The standard InChI is InChI=1S/C14H17NO3S3/c16-13-12(8-10-4-2-1-3-5-10)20-14(19)15(13)11-6-7-21(17,18)9-11/h1-2,8,10-11H,3-7,9H2/b12-8+/t10-,11+/m0/s1. The summed E-state index contributed by atoms with van der Waals surface area (Å²) in [5, 5.41) is 0. The van der Waals surface area contributed by atoms with Crippen molar-refractivity contribution in [2.75, 3.05) is 11.5 Å². The quantitative estimate of drug-likeness (QED) is 0.437. The van der Waals surface area contributed by atoms with E-state index in [0.29, 0.717) is 21.6 Å². The van der Waals surface area contributed by atoms with Crippen LogP contribution in [0.15, 0.2) is 23.1 Å². The summed E-state index contributed by atoms with van der Waals surface area (Å²) in [6, 6.07) is -0.278. The summed E-state index contributed by atoms with van der Waals surface area (Å²) in [6.45, 7) is 0. The second-order valence-electron chi connectivity index (χ2n) is 5.68. The van der Waals surface area contributed by atoms with E-state index < -0.39 is 9.84 Å². The number of sulfone groups is 1. The minimum absolute atomic E-state index is 0.0406. The molecule has 2 saturated heterocycles. The van der Waals surface area contributed by atoms with E-state index in [0.717, 1.165) is 19.3 Å². The van der Waals surface area contributed by atoms with Gasteiger partial charge in [0.1, 0.15) is 4.32 Å². The van der Waals surface area contributed by atoms with Crippen LogP contribution in [-0.2, 0) is 14.6 Å². The molecule has 0 N–H and O–H groups in total. The van der Waals surface area contributed by atoms with E-state index in [1.54, 1.807) is 0 Å². The van der Waals surface area contributed by atoms with Crippen molar-refractivity contribution in [1.82, 2.24) is 4.90 Å². The third kappa shape index (κ3) is 3.24. The Morgan fingerprint density at radius 1 is 1.33 bits per heavy atom. The lowest BCUT2D eigenvalue weighted by Crippen LogP contribution is -2.39. The van der Waals surface area contributed by atoms with Crippen LogP contribution in [0.2, 0.25) is 0 Å². The van der Waals surface area contributed by atoms with Crippen LogP contribution >= 0.6 is 24.0 Å². The molecule has 7 heteroatoms. The first kappa shape index (κ1) is 15.2. The van der Waals surface area contributed by atoms with Crippen LogP contribution in [0.4, 0.5) is 0 Å². The van der Waals surface area contributed by atoms with Crippen molar-refractivity contribution in [2.45, 2.75) is 31.7 Å². The summed E-state index contributed by atoms with van der Waals surface area (Å²) in [5.74, 6) is 0.471. The van der Waals surface area contributed by atoms with Crippen molar-refractivity contribution in [3.8, 4) is 0 Å². The number of carbonyl (C=O) groups is 1. The number of hydrogen-bond acceptors (Lipinski definition) is 5. The van der Waals surface area contributed by atoms with Gasteiger partial charge in [-0.25, -0.2) is 8.42 Å². The molecule has 2 atom stereocenters. The van der Waals surface area contributed by atoms with Gasteiger partial charge < -0.3 is 0 Å². The fourth-order valence-corrected chi connectivity index (χ4v) is 6.14. The minimum atomic E-state index is -3.02. The van der Waals surface area contributed by atoms with E-state index in [2.05, 4.69) is 12.2 Å². The Kier molecular flexibility index (Phi) is 4.25. The fraction of sp³-hybridized carbons (Fsp3) is 0.571. The van der Waals surface area contributed by atoms with Crippen LogP contribution in [0.3, 0.4) is 0 Å². The smallest absolute Gasteiger partial charge is 0.266 e. The Morgan fingerprint density at radius 3 is 2.76 bits per heavy atom. The van der Waals surface area contributed by atoms with Crippen molar-refractivity contribution in [1.29, 1.82) is 0 Å². The summed E-state index contributed by atoms with van der Waals surface area (Å²) in [7, 11) is -3.02. The topological polar surface area (TPSA) is 54.5 Å². The molecule has 4 nitrogen and oxygen atoms in total. The highest BCUT2D eigenvalue weighted by Gasteiger charge is 2.42. The van der Waals surface area contributed by atoms with E-state index in [1.807, 2.05) is 6.08 Å². The number of thiocarbonyl (C=S) groups is 1. The first-order valence-electron chi connectivity index (χ1n) is 7.09. The van der Waals surface area contributed by atoms with Crippen LogP contribution in [0.5, 0.6) is 0 Å². The van der Waals surface area contributed by atoms with Crippen molar-refractivity contribution in [3.05, 3.63) is 23.1 Å². The molecule has 2 fully saturated rings. The molecule has 0 saturated carbocycles. The van der Waals surface area contributed by atoms with Gasteiger partial charge in [0, 0.05) is 0 Å². The summed E-state index contributed by atoms with van der Waals surface area (Å²) in [6.07, 6.45) is 9.89. The predicted octanol–water partition coefficient (Wildman–Crippen LogP) is 2.27. The van der Waals surface area contributed by atoms with E-state index in [1.165, 1.54) is 16.7 Å². The summed E-state index contributed by atoms with van der Waals surface area (Å²) in [4.78, 5) is 14.7. The zero-order valence-corrected chi connectivity index (χ0v) is 14.0. The van der Waals surface area contributed by atoms with Gasteiger partial charge in [-0.05, 0) is 31.6 Å². The molecule has 1 aliphatic carbocycles. The SMILES string of the molecule is O=C1/C(=C\[C@H]2CC=CCC2)SC(=S)N1[C@@H]1CCS(=O)(=O)C1. The van der Waals surface area contributed by atoms with Crippen molar-refractivity contribution < 1.29 is 13.2 Å². The lowest BCUT2D eigenvalue weighted by molar-refractivity contribution is -0.123. The van der Waals surface area contributed by atoms with E-state index in [9.17, 15) is 13.2 Å². The maximum Gasteiger partial charge on any atom is 0.266 e. The Labute approximate surface area is 134 Å². The number of rotatable bonds is 2. The normalized spacial score (nSPS) is 34.1. The molecule has 3 rings (SSSR count). The number of thioether (sulfide) groups is 1. The molecule has 0 unspecified atom stereocenters. The monoisotopic (exact) mass is 343 g/mol. The number of allylic oxidation sites excluding steroid dienone is 3. The highest BCUT2D eigenvalue weighted by Crippen LogP contribution is 2.37. The molecule has 1 amide bonds. The average molecular weight is 343 g/mol. The highest BCUT2D eigenvalue weighted by molar-refractivity contribution is 8.26. The Bertz CT molecular complexity index is 636. The lowest BCUT2D eigenvalue weighted by Gasteiger charge is -2.21. The molecule has 2 aliphatic heterocycles. The summed E-state index contributed by atoms with van der Waals surface area (Å²) < 4.78 is 23.7. The van der Waals surface area contributed by atoms with Crippen LogP contribution in [0.1, 0.15) is 25.7 Å². The fourth-order valence-electron chi connectivity index (χ4n) is 2.97. The van der Waals surface area contributed by atoms with Gasteiger partial charge in [0.2, 0.25) is 0 Å². The van der Waals surface area contributed by atoms with Crippen molar-refractivity contribution in [3.63, 3.8) is 0 Å². The molecule has 0 aromatic carbocycles. The van der Waals surface area contributed by atoms with Gasteiger partial charge in [0.15, 0.2) is 9.84 Å². The molecule has 0 aromatic heterocycles. The minimum Gasteiger partial charge on any atom is -0.289 e. The maximum absolute atomic E-state index is 12.5. The Balaban J connectivity index is 1.76. The largest absolute Gasteiger partial charge is 0.289 e. The van der Waals surface area contributed by atoms with Crippen molar-refractivity contribution in [2.24, 2.45) is 5.92 Å². The van der Waals surface area contributed by atoms with E-state index in [4.69, 9.17) is 12.2 Å². The molecule has 21 heavy (non-hydrogen) atoms. The van der Waals surface area contributed by atoms with E-state index >= 15 is 0 Å². The average Bonchev–Trinajstić information content (AvgIpc) is 2.91. The van der Waals surface area contributed by atoms with Gasteiger partial charge in [-0.1, -0.05) is 42.2 Å². The van der Waals surface area contributed by atoms with Gasteiger partial charge in [0.25, 0.3) is 5.91 Å². The molecule has 0 bridgehead atoms. The first-order valence-corrected chi connectivity index (χ1v) is 10.1. The maximum atomic E-state index is 12.5.